The molecule has 3 aromatic rings. The molecule has 124 valence electrons. The average molecular weight is 331 g/mol. The van der Waals surface area contributed by atoms with Gasteiger partial charge in [0.05, 0.1) is 19.6 Å². The van der Waals surface area contributed by atoms with Gasteiger partial charge in [-0.15, -0.1) is 0 Å². The number of nitrogens with one attached hydrogen (secondary N) is 1. The van der Waals surface area contributed by atoms with Gasteiger partial charge in [-0.3, -0.25) is 4.79 Å². The number of carbonyl (C=O) groups is 1. The summed E-state index contributed by atoms with van der Waals surface area (Å²) >= 11 is 0. The fourth-order valence-corrected chi connectivity index (χ4v) is 3.48. The first kappa shape index (κ1) is 15.3. The second kappa shape index (κ2) is 5.99. The maximum absolute atomic E-state index is 13.2. The molecule has 1 N–H and O–H groups in total. The van der Waals surface area contributed by atoms with Gasteiger partial charge in [0, 0.05) is 28.7 Å². The lowest BCUT2D eigenvalue weighted by Crippen LogP contribution is -2.29. The smallest absolute Gasteiger partial charge is 0.275 e. The van der Waals surface area contributed by atoms with E-state index in [0.29, 0.717) is 18.0 Å². The molecule has 0 unspecified atom stereocenters. The number of nitriles is 1. The van der Waals surface area contributed by atoms with E-state index in [1.165, 1.54) is 5.56 Å². The number of para-hydroxylation sites is 1. The molecule has 1 aliphatic heterocycles. The molecule has 1 amide bonds. The summed E-state index contributed by atoms with van der Waals surface area (Å²) in [5, 5.41) is 10.1. The monoisotopic (exact) mass is 331 g/mol. The van der Waals surface area contributed by atoms with Gasteiger partial charge in [-0.1, -0.05) is 18.2 Å². The normalized spacial score (nSPS) is 12.9. The van der Waals surface area contributed by atoms with Gasteiger partial charge in [-0.2, -0.15) is 5.26 Å². The summed E-state index contributed by atoms with van der Waals surface area (Å²) in [7, 11) is 1.60. The zero-order chi connectivity index (χ0) is 17.4. The predicted octanol–water partition coefficient (Wildman–Crippen LogP) is 3.45. The standard InChI is InChI=1S/C20H17N3O2/c1-25-14-6-7-17-16(12-14)15(8-10-21)19(22-17)20(24)23-11-9-13-4-2-3-5-18(13)23/h2-7,12,22H,8-9,11H2,1H3. The molecule has 0 bridgehead atoms. The van der Waals surface area contributed by atoms with Crippen molar-refractivity contribution in [1.82, 2.24) is 4.98 Å². The molecule has 4 rings (SSSR count). The van der Waals surface area contributed by atoms with Gasteiger partial charge in [-0.05, 0) is 36.2 Å². The number of rotatable bonds is 3. The Bertz CT molecular complexity index is 1010. The highest BCUT2D eigenvalue weighted by Gasteiger charge is 2.28. The van der Waals surface area contributed by atoms with Crippen LogP contribution in [-0.2, 0) is 12.8 Å². The van der Waals surface area contributed by atoms with Crippen LogP contribution in [0.3, 0.4) is 0 Å². The topological polar surface area (TPSA) is 69.1 Å². The third-order valence-corrected chi connectivity index (χ3v) is 4.72. The van der Waals surface area contributed by atoms with Crippen molar-refractivity contribution in [3.05, 3.63) is 59.3 Å². The van der Waals surface area contributed by atoms with E-state index in [9.17, 15) is 10.1 Å². The van der Waals surface area contributed by atoms with Crippen molar-refractivity contribution in [3.63, 3.8) is 0 Å². The van der Waals surface area contributed by atoms with Gasteiger partial charge in [0.2, 0.25) is 0 Å². The van der Waals surface area contributed by atoms with Gasteiger partial charge in [0.15, 0.2) is 0 Å². The predicted molar refractivity (Wildman–Crippen MR) is 96.0 cm³/mol. The number of benzene rings is 2. The molecule has 0 aliphatic carbocycles. The quantitative estimate of drug-likeness (QED) is 0.799. The van der Waals surface area contributed by atoms with E-state index >= 15 is 0 Å². The molecule has 0 atom stereocenters. The molecule has 2 heterocycles. The molecular formula is C20H17N3O2. The van der Waals surface area contributed by atoms with Gasteiger partial charge in [0.25, 0.3) is 5.91 Å². The van der Waals surface area contributed by atoms with E-state index in [2.05, 4.69) is 17.1 Å². The molecule has 5 heteroatoms. The van der Waals surface area contributed by atoms with Crippen LogP contribution in [0.4, 0.5) is 5.69 Å². The van der Waals surface area contributed by atoms with Crippen LogP contribution in [0, 0.1) is 11.3 Å². The first-order valence-corrected chi connectivity index (χ1v) is 8.18. The van der Waals surface area contributed by atoms with Gasteiger partial charge in [0.1, 0.15) is 11.4 Å². The Morgan fingerprint density at radius 1 is 1.32 bits per heavy atom. The lowest BCUT2D eigenvalue weighted by atomic mass is 10.1. The zero-order valence-electron chi connectivity index (χ0n) is 13.9. The first-order chi connectivity index (χ1) is 12.2. The Labute approximate surface area is 145 Å². The molecule has 0 radical (unpaired) electrons. The molecule has 0 spiro atoms. The lowest BCUT2D eigenvalue weighted by molar-refractivity contribution is 0.0984. The van der Waals surface area contributed by atoms with Crippen molar-refractivity contribution < 1.29 is 9.53 Å². The van der Waals surface area contributed by atoms with Crippen molar-refractivity contribution in [2.45, 2.75) is 12.8 Å². The van der Waals surface area contributed by atoms with Gasteiger partial charge in [-0.25, -0.2) is 0 Å². The Balaban J connectivity index is 1.82. The highest BCUT2D eigenvalue weighted by Crippen LogP contribution is 2.32. The minimum Gasteiger partial charge on any atom is -0.497 e. The molecule has 1 aromatic heterocycles. The summed E-state index contributed by atoms with van der Waals surface area (Å²) in [6, 6.07) is 15.7. The number of carbonyl (C=O) groups excluding carboxylic acids is 1. The molecular weight excluding hydrogens is 314 g/mol. The molecule has 5 nitrogen and oxygen atoms in total. The largest absolute Gasteiger partial charge is 0.497 e. The van der Waals surface area contributed by atoms with Gasteiger partial charge < -0.3 is 14.6 Å². The average Bonchev–Trinajstić information content (AvgIpc) is 3.23. The molecule has 0 fully saturated rings. The number of anilines is 1. The van der Waals surface area contributed by atoms with E-state index in [1.807, 2.05) is 36.4 Å². The Morgan fingerprint density at radius 3 is 2.96 bits per heavy atom. The highest BCUT2D eigenvalue weighted by atomic mass is 16.5. The minimum absolute atomic E-state index is 0.0923. The number of aromatic nitrogens is 1. The number of fused-ring (bicyclic) bond motifs is 2. The zero-order valence-corrected chi connectivity index (χ0v) is 13.9. The first-order valence-electron chi connectivity index (χ1n) is 8.18. The fraction of sp³-hybridized carbons (Fsp3) is 0.200. The summed E-state index contributed by atoms with van der Waals surface area (Å²) in [6.07, 6.45) is 1.02. The molecule has 2 aromatic carbocycles. The highest BCUT2D eigenvalue weighted by molar-refractivity contribution is 6.10. The van der Waals surface area contributed by atoms with Crippen LogP contribution in [0.5, 0.6) is 5.75 Å². The van der Waals surface area contributed by atoms with E-state index in [1.54, 1.807) is 12.0 Å². The Morgan fingerprint density at radius 2 is 2.16 bits per heavy atom. The second-order valence-electron chi connectivity index (χ2n) is 6.06. The third kappa shape index (κ3) is 2.43. The fourth-order valence-electron chi connectivity index (χ4n) is 3.48. The SMILES string of the molecule is COc1ccc2[nH]c(C(=O)N3CCc4ccccc43)c(CC#N)c2c1. The number of H-pyrrole nitrogens is 1. The van der Waals surface area contributed by atoms with Gasteiger partial charge >= 0.3 is 0 Å². The summed E-state index contributed by atoms with van der Waals surface area (Å²) in [5.74, 6) is 0.613. The summed E-state index contributed by atoms with van der Waals surface area (Å²) in [4.78, 5) is 18.2. The number of ether oxygens (including phenoxy) is 1. The van der Waals surface area contributed by atoms with Crippen LogP contribution in [0.2, 0.25) is 0 Å². The maximum atomic E-state index is 13.2. The van der Waals surface area contributed by atoms with E-state index < -0.39 is 0 Å². The molecule has 0 saturated carbocycles. The second-order valence-corrected chi connectivity index (χ2v) is 6.06. The van der Waals surface area contributed by atoms with Crippen molar-refractivity contribution in [2.75, 3.05) is 18.6 Å². The van der Waals surface area contributed by atoms with Crippen LogP contribution in [0.15, 0.2) is 42.5 Å². The van der Waals surface area contributed by atoms with E-state index in [-0.39, 0.29) is 12.3 Å². The number of hydrogen-bond donors (Lipinski definition) is 1. The number of nitrogens with zero attached hydrogens (tertiary/aromatic N) is 2. The summed E-state index contributed by atoms with van der Waals surface area (Å²) < 4.78 is 5.28. The van der Waals surface area contributed by atoms with Crippen LogP contribution in [0.1, 0.15) is 21.6 Å². The van der Waals surface area contributed by atoms with Crippen molar-refractivity contribution in [1.29, 1.82) is 5.26 Å². The molecule has 25 heavy (non-hydrogen) atoms. The van der Waals surface area contributed by atoms with E-state index in [0.717, 1.165) is 28.6 Å². The van der Waals surface area contributed by atoms with Crippen molar-refractivity contribution in [2.24, 2.45) is 0 Å². The van der Waals surface area contributed by atoms with E-state index in [4.69, 9.17) is 4.74 Å². The van der Waals surface area contributed by atoms with Crippen LogP contribution in [0.25, 0.3) is 10.9 Å². The number of amides is 1. The van der Waals surface area contributed by atoms with Crippen LogP contribution < -0.4 is 9.64 Å². The van der Waals surface area contributed by atoms with Crippen molar-refractivity contribution >= 4 is 22.5 Å². The van der Waals surface area contributed by atoms with Crippen LogP contribution >= 0.6 is 0 Å². The summed E-state index contributed by atoms with van der Waals surface area (Å²) in [6.45, 7) is 0.656. The number of aromatic amines is 1. The number of hydrogen-bond acceptors (Lipinski definition) is 3. The number of methoxy groups -OCH3 is 1. The lowest BCUT2D eigenvalue weighted by Gasteiger charge is -2.17. The molecule has 1 aliphatic rings. The molecule has 0 saturated heterocycles. The summed E-state index contributed by atoms with van der Waals surface area (Å²) in [5.41, 5.74) is 4.18. The van der Waals surface area contributed by atoms with Crippen molar-refractivity contribution in [3.8, 4) is 11.8 Å². The maximum Gasteiger partial charge on any atom is 0.275 e. The van der Waals surface area contributed by atoms with Crippen LogP contribution in [-0.4, -0.2) is 24.5 Å². The minimum atomic E-state index is -0.0923. The Kier molecular flexibility index (Phi) is 3.66. The Hall–Kier alpha value is -3.26. The third-order valence-electron chi connectivity index (χ3n) is 4.72.